The summed E-state index contributed by atoms with van der Waals surface area (Å²) in [6.45, 7) is 6.52. The first-order valence-electron chi connectivity index (χ1n) is 12.5. The van der Waals surface area contributed by atoms with Crippen LogP contribution in [0.4, 0.5) is 4.79 Å². The lowest BCUT2D eigenvalue weighted by Crippen LogP contribution is -2.37. The van der Waals surface area contributed by atoms with Crippen LogP contribution in [-0.2, 0) is 9.47 Å². The number of rotatable bonds is 11. The smallest absolute Gasteiger partial charge is 0.431 e. The zero-order valence-corrected chi connectivity index (χ0v) is 19.0. The molecule has 0 amide bonds. The van der Waals surface area contributed by atoms with E-state index < -0.39 is 6.16 Å². The Bertz CT molecular complexity index is 420. The van der Waals surface area contributed by atoms with Crippen molar-refractivity contribution in [2.24, 2.45) is 11.3 Å². The second-order valence-corrected chi connectivity index (χ2v) is 9.65. The third-order valence-corrected chi connectivity index (χ3v) is 7.44. The Hall–Kier alpha value is -0.730. The van der Waals surface area contributed by atoms with Crippen molar-refractivity contribution in [3.63, 3.8) is 0 Å². The minimum atomic E-state index is -0.440. The molecule has 0 radical (unpaired) electrons. The van der Waals surface area contributed by atoms with Crippen LogP contribution >= 0.6 is 0 Å². The minimum absolute atomic E-state index is 0.0275. The lowest BCUT2D eigenvalue weighted by Gasteiger charge is -2.46. The van der Waals surface area contributed by atoms with Gasteiger partial charge in [-0.15, -0.1) is 0 Å². The Kier molecular flexibility index (Phi) is 10.7. The highest BCUT2D eigenvalue weighted by Gasteiger charge is 2.41. The zero-order valence-electron chi connectivity index (χ0n) is 19.0. The van der Waals surface area contributed by atoms with Crippen molar-refractivity contribution in [2.45, 2.75) is 142 Å². The van der Waals surface area contributed by atoms with Crippen molar-refractivity contribution in [2.75, 3.05) is 0 Å². The Labute approximate surface area is 174 Å². The van der Waals surface area contributed by atoms with Crippen LogP contribution in [0.3, 0.4) is 0 Å². The molecule has 2 fully saturated rings. The van der Waals surface area contributed by atoms with E-state index in [1.807, 2.05) is 6.92 Å². The molecule has 2 aliphatic rings. The predicted octanol–water partition coefficient (Wildman–Crippen LogP) is 8.20. The number of unbranched alkanes of at least 4 members (excludes halogenated alkanes) is 4. The zero-order chi connectivity index (χ0) is 20.2. The number of hydrogen-bond acceptors (Lipinski definition) is 3. The molecule has 0 bridgehead atoms. The number of ether oxygens (including phenoxy) is 2. The standard InChI is InChI=1S/C25H46O3/c1-4-6-8-10-13-21(3)27-24(26)28-23-16-14-22(15-17-23)25(18-7-5-2)19-11-9-12-20-25/h21-23H,4-20H2,1-3H3/t21-,22-,23-/m0/s1. The van der Waals surface area contributed by atoms with E-state index >= 15 is 0 Å². The third-order valence-electron chi connectivity index (χ3n) is 7.44. The molecule has 2 aliphatic carbocycles. The lowest BCUT2D eigenvalue weighted by molar-refractivity contribution is -0.0292. The largest absolute Gasteiger partial charge is 0.508 e. The first-order valence-corrected chi connectivity index (χ1v) is 12.5. The molecule has 0 aromatic heterocycles. The summed E-state index contributed by atoms with van der Waals surface area (Å²) in [7, 11) is 0. The highest BCUT2D eigenvalue weighted by atomic mass is 16.7. The molecule has 0 heterocycles. The van der Waals surface area contributed by atoms with Crippen molar-refractivity contribution < 1.29 is 14.3 Å². The number of carbonyl (C=O) groups is 1. The van der Waals surface area contributed by atoms with Gasteiger partial charge in [-0.3, -0.25) is 0 Å². The first kappa shape index (κ1) is 23.5. The summed E-state index contributed by atoms with van der Waals surface area (Å²) in [5.41, 5.74) is 0.590. The molecule has 28 heavy (non-hydrogen) atoms. The summed E-state index contributed by atoms with van der Waals surface area (Å²) < 4.78 is 11.2. The fourth-order valence-corrected chi connectivity index (χ4v) is 5.69. The quantitative estimate of drug-likeness (QED) is 0.262. The number of hydrogen-bond donors (Lipinski definition) is 0. The first-order chi connectivity index (χ1) is 13.6. The molecule has 3 nitrogen and oxygen atoms in total. The molecule has 2 saturated carbocycles. The summed E-state index contributed by atoms with van der Waals surface area (Å²) in [5, 5.41) is 0. The van der Waals surface area contributed by atoms with Crippen LogP contribution in [0.1, 0.15) is 130 Å². The van der Waals surface area contributed by atoms with Gasteiger partial charge in [-0.2, -0.15) is 0 Å². The van der Waals surface area contributed by atoms with Crippen LogP contribution in [0.15, 0.2) is 0 Å². The summed E-state index contributed by atoms with van der Waals surface area (Å²) in [5.74, 6) is 0.840. The maximum absolute atomic E-state index is 12.2. The maximum atomic E-state index is 12.2. The molecule has 0 saturated heterocycles. The van der Waals surface area contributed by atoms with Gasteiger partial charge in [0.15, 0.2) is 0 Å². The summed E-state index contributed by atoms with van der Waals surface area (Å²) in [4.78, 5) is 12.2. The van der Waals surface area contributed by atoms with E-state index in [1.54, 1.807) is 0 Å². The summed E-state index contributed by atoms with van der Waals surface area (Å²) in [6, 6.07) is 0. The van der Waals surface area contributed by atoms with Gasteiger partial charge in [-0.25, -0.2) is 4.79 Å². The van der Waals surface area contributed by atoms with Gasteiger partial charge in [0.2, 0.25) is 0 Å². The second-order valence-electron chi connectivity index (χ2n) is 9.65. The minimum Gasteiger partial charge on any atom is -0.431 e. The van der Waals surface area contributed by atoms with E-state index in [1.165, 1.54) is 83.5 Å². The molecule has 0 aromatic rings. The average molecular weight is 395 g/mol. The topological polar surface area (TPSA) is 35.5 Å². The van der Waals surface area contributed by atoms with Gasteiger partial charge < -0.3 is 9.47 Å². The summed E-state index contributed by atoms with van der Waals surface area (Å²) in [6.07, 6.45) is 21.1. The molecule has 0 aliphatic heterocycles. The van der Waals surface area contributed by atoms with E-state index in [2.05, 4.69) is 13.8 Å². The van der Waals surface area contributed by atoms with Gasteiger partial charge >= 0.3 is 6.16 Å². The van der Waals surface area contributed by atoms with Crippen LogP contribution in [-0.4, -0.2) is 18.4 Å². The van der Waals surface area contributed by atoms with Crippen molar-refractivity contribution in [3.05, 3.63) is 0 Å². The van der Waals surface area contributed by atoms with E-state index in [0.29, 0.717) is 5.41 Å². The average Bonchev–Trinajstić information content (AvgIpc) is 2.71. The normalized spacial score (nSPS) is 25.8. The molecule has 3 heteroatoms. The SMILES string of the molecule is CCCCCC[C@H](C)OC(=O)O[C@H]1CC[C@H](C2(CCCC)CCCCC2)CC1. The molecule has 164 valence electrons. The van der Waals surface area contributed by atoms with Crippen molar-refractivity contribution in [1.82, 2.24) is 0 Å². The Morgan fingerprint density at radius 3 is 2.25 bits per heavy atom. The van der Waals surface area contributed by atoms with Gasteiger partial charge in [0.1, 0.15) is 12.2 Å². The maximum Gasteiger partial charge on any atom is 0.508 e. The summed E-state index contributed by atoms with van der Waals surface area (Å²) >= 11 is 0. The Morgan fingerprint density at radius 2 is 1.61 bits per heavy atom. The van der Waals surface area contributed by atoms with Gasteiger partial charge in [-0.1, -0.05) is 65.2 Å². The van der Waals surface area contributed by atoms with Crippen LogP contribution in [0.5, 0.6) is 0 Å². The van der Waals surface area contributed by atoms with Crippen LogP contribution in [0.25, 0.3) is 0 Å². The lowest BCUT2D eigenvalue weighted by atomic mass is 9.59. The number of carbonyl (C=O) groups excluding carboxylic acids is 1. The Balaban J connectivity index is 1.71. The fourth-order valence-electron chi connectivity index (χ4n) is 5.69. The molecule has 2 rings (SSSR count). The molecule has 1 atom stereocenters. The fraction of sp³-hybridized carbons (Fsp3) is 0.960. The van der Waals surface area contributed by atoms with E-state index in [-0.39, 0.29) is 12.2 Å². The molecule has 0 N–H and O–H groups in total. The van der Waals surface area contributed by atoms with Crippen LogP contribution in [0.2, 0.25) is 0 Å². The van der Waals surface area contributed by atoms with Crippen molar-refractivity contribution in [1.29, 1.82) is 0 Å². The van der Waals surface area contributed by atoms with Crippen LogP contribution in [0, 0.1) is 11.3 Å². The van der Waals surface area contributed by atoms with Crippen LogP contribution < -0.4 is 0 Å². The van der Waals surface area contributed by atoms with Gasteiger partial charge in [0.05, 0.1) is 0 Å². The molecule has 0 unspecified atom stereocenters. The third kappa shape index (κ3) is 7.59. The van der Waals surface area contributed by atoms with Gasteiger partial charge in [0.25, 0.3) is 0 Å². The van der Waals surface area contributed by atoms with Crippen molar-refractivity contribution >= 4 is 6.16 Å². The van der Waals surface area contributed by atoms with E-state index in [4.69, 9.17) is 9.47 Å². The Morgan fingerprint density at radius 1 is 0.929 bits per heavy atom. The second kappa shape index (κ2) is 12.8. The molecule has 0 aromatic carbocycles. The van der Waals surface area contributed by atoms with E-state index in [0.717, 1.165) is 31.6 Å². The molecular weight excluding hydrogens is 348 g/mol. The predicted molar refractivity (Wildman–Crippen MR) is 117 cm³/mol. The monoisotopic (exact) mass is 394 g/mol. The van der Waals surface area contributed by atoms with E-state index in [9.17, 15) is 4.79 Å². The molecule has 0 spiro atoms. The highest BCUT2D eigenvalue weighted by Crippen LogP contribution is 2.51. The molecular formula is C25H46O3. The van der Waals surface area contributed by atoms with Gasteiger partial charge in [0, 0.05) is 0 Å². The highest BCUT2D eigenvalue weighted by molar-refractivity contribution is 5.60. The van der Waals surface area contributed by atoms with Gasteiger partial charge in [-0.05, 0) is 76.0 Å². The van der Waals surface area contributed by atoms with Crippen molar-refractivity contribution in [3.8, 4) is 0 Å².